The van der Waals surface area contributed by atoms with Crippen LogP contribution in [0.15, 0.2) is 146 Å². The number of carbonyl (C=O) groups excluding carboxylic acids is 3. The van der Waals surface area contributed by atoms with Crippen molar-refractivity contribution in [3.05, 3.63) is 163 Å². The second kappa shape index (κ2) is 28.2. The number of hydrogen-bond acceptors (Lipinski definition) is 5. The Kier molecular flexibility index (Phi) is 21.8. The van der Waals surface area contributed by atoms with Gasteiger partial charge in [0.25, 0.3) is 5.91 Å². The summed E-state index contributed by atoms with van der Waals surface area (Å²) in [5, 5.41) is 28.4. The maximum absolute atomic E-state index is 14.4. The van der Waals surface area contributed by atoms with Crippen LogP contribution in [-0.4, -0.2) is 68.7 Å². The molecule has 67 heavy (non-hydrogen) atoms. The van der Waals surface area contributed by atoms with E-state index in [1.807, 2.05) is 79.1 Å². The van der Waals surface area contributed by atoms with Gasteiger partial charge in [-0.3, -0.25) is 14.4 Å². The van der Waals surface area contributed by atoms with Gasteiger partial charge in [0.05, 0.1) is 29.9 Å². The zero-order chi connectivity index (χ0) is 47.8. The van der Waals surface area contributed by atoms with Crippen molar-refractivity contribution in [1.82, 2.24) is 14.8 Å². The summed E-state index contributed by atoms with van der Waals surface area (Å²) in [5.74, 6) is -1.05. The number of nitrogens with one attached hydrogen (secondary N) is 2. The van der Waals surface area contributed by atoms with E-state index in [1.165, 1.54) is 12.1 Å². The van der Waals surface area contributed by atoms with Gasteiger partial charge in [-0.2, -0.15) is 0 Å². The van der Waals surface area contributed by atoms with Crippen LogP contribution in [0, 0.1) is 5.82 Å². The van der Waals surface area contributed by atoms with Crippen LogP contribution < -0.4 is 10.6 Å². The first-order chi connectivity index (χ1) is 32.5. The fraction of sp³-hybridized carbons (Fsp3) is 0.386. The summed E-state index contributed by atoms with van der Waals surface area (Å²) in [6.45, 7) is 7.47. The molecule has 3 atom stereocenters. The van der Waals surface area contributed by atoms with Crippen LogP contribution in [0.1, 0.15) is 120 Å². The van der Waals surface area contributed by atoms with Gasteiger partial charge in [0.15, 0.2) is 0 Å². The van der Waals surface area contributed by atoms with E-state index in [1.54, 1.807) is 17.0 Å². The number of hydrogen-bond donors (Lipinski definition) is 4. The molecule has 1 aliphatic heterocycles. The lowest BCUT2D eigenvalue weighted by molar-refractivity contribution is -0.130. The Balaban J connectivity index is 1.10. The molecule has 10 heteroatoms. The van der Waals surface area contributed by atoms with Gasteiger partial charge in [-0.15, -0.1) is 0 Å². The molecule has 1 aliphatic rings. The van der Waals surface area contributed by atoms with Crippen molar-refractivity contribution in [3.63, 3.8) is 0 Å². The fourth-order valence-corrected chi connectivity index (χ4v) is 8.50. The minimum absolute atomic E-state index is 0.0301. The second-order valence-electron chi connectivity index (χ2n) is 17.5. The van der Waals surface area contributed by atoms with Gasteiger partial charge in [-0.25, -0.2) is 4.39 Å². The molecule has 4 N–H and O–H groups in total. The van der Waals surface area contributed by atoms with Crippen LogP contribution in [0.3, 0.4) is 0 Å². The topological polar surface area (TPSA) is 124 Å². The number of halogens is 1. The van der Waals surface area contributed by atoms with Gasteiger partial charge in [-0.1, -0.05) is 130 Å². The number of rotatable bonds is 26. The van der Waals surface area contributed by atoms with Crippen LogP contribution in [0.5, 0.6) is 0 Å². The number of likely N-dealkylation sites (tertiary alicyclic amines) is 1. The summed E-state index contributed by atoms with van der Waals surface area (Å²) in [4.78, 5) is 42.2. The summed E-state index contributed by atoms with van der Waals surface area (Å²) >= 11 is 0. The van der Waals surface area contributed by atoms with E-state index in [9.17, 15) is 29.0 Å². The molecule has 1 aromatic heterocycles. The quantitative estimate of drug-likeness (QED) is 0.0369. The number of para-hydroxylation sites is 1. The lowest BCUT2D eigenvalue weighted by Gasteiger charge is -2.21. The van der Waals surface area contributed by atoms with Crippen molar-refractivity contribution in [2.75, 3.05) is 18.4 Å². The lowest BCUT2D eigenvalue weighted by atomic mass is 9.94. The van der Waals surface area contributed by atoms with E-state index >= 15 is 0 Å². The molecule has 1 fully saturated rings. The van der Waals surface area contributed by atoms with Crippen molar-refractivity contribution in [2.24, 2.45) is 0 Å². The summed E-state index contributed by atoms with van der Waals surface area (Å²) < 4.78 is 16.4. The van der Waals surface area contributed by atoms with Crippen LogP contribution in [0.2, 0.25) is 0 Å². The van der Waals surface area contributed by atoms with Gasteiger partial charge >= 0.3 is 0 Å². The SMILES string of the molecule is CC/C=C\C/C=C\C/C=C\C/C=C\C/C=C\CCCC(=O)N1CC[C@@H](NC(=O)C[C@H](O)C[C@H](O)CCn2c(-c3ccc(F)cc3)c(-c3ccccc3)c(C(=O)Nc3ccccc3)c2C(C)C)C1. The molecule has 0 spiro atoms. The van der Waals surface area contributed by atoms with Crippen molar-refractivity contribution in [2.45, 2.75) is 129 Å². The smallest absolute Gasteiger partial charge is 0.258 e. The number of benzene rings is 3. The third kappa shape index (κ3) is 16.9. The lowest BCUT2D eigenvalue weighted by Crippen LogP contribution is -2.39. The van der Waals surface area contributed by atoms with E-state index in [2.05, 4.69) is 78.3 Å². The van der Waals surface area contributed by atoms with Crippen LogP contribution in [0.4, 0.5) is 10.1 Å². The van der Waals surface area contributed by atoms with E-state index in [0.29, 0.717) is 48.3 Å². The average molecular weight is 911 g/mol. The number of carbonyl (C=O) groups is 3. The molecule has 0 bridgehead atoms. The van der Waals surface area contributed by atoms with E-state index < -0.39 is 12.2 Å². The first kappa shape index (κ1) is 51.9. The van der Waals surface area contributed by atoms with Crippen molar-refractivity contribution in [3.8, 4) is 22.4 Å². The number of allylic oxidation sites excluding steroid dienone is 10. The molecule has 0 unspecified atom stereocenters. The molecular formula is C57H71FN4O5. The molecule has 0 saturated carbocycles. The Labute approximate surface area is 397 Å². The Morgan fingerprint density at radius 2 is 1.36 bits per heavy atom. The number of amides is 3. The van der Waals surface area contributed by atoms with Gasteiger partial charge in [0.1, 0.15) is 5.82 Å². The zero-order valence-corrected chi connectivity index (χ0v) is 39.7. The fourth-order valence-electron chi connectivity index (χ4n) is 8.50. The van der Waals surface area contributed by atoms with E-state index in [-0.39, 0.29) is 61.3 Å². The predicted octanol–water partition coefficient (Wildman–Crippen LogP) is 11.9. The zero-order valence-electron chi connectivity index (χ0n) is 39.7. The van der Waals surface area contributed by atoms with Crippen molar-refractivity contribution < 1.29 is 29.0 Å². The number of nitrogens with zero attached hydrogens (tertiary/aromatic N) is 2. The minimum Gasteiger partial charge on any atom is -0.393 e. The molecule has 1 saturated heterocycles. The molecule has 0 aliphatic carbocycles. The molecule has 0 radical (unpaired) electrons. The van der Waals surface area contributed by atoms with Gasteiger partial charge < -0.3 is 30.3 Å². The molecule has 5 rings (SSSR count). The highest BCUT2D eigenvalue weighted by Crippen LogP contribution is 2.42. The summed E-state index contributed by atoms with van der Waals surface area (Å²) in [5.41, 5.74) is 4.83. The van der Waals surface area contributed by atoms with E-state index in [4.69, 9.17) is 0 Å². The highest BCUT2D eigenvalue weighted by atomic mass is 19.1. The highest BCUT2D eigenvalue weighted by molar-refractivity contribution is 6.12. The number of anilines is 1. The largest absolute Gasteiger partial charge is 0.393 e. The molecule has 3 aromatic carbocycles. The molecular weight excluding hydrogens is 840 g/mol. The average Bonchev–Trinajstić information content (AvgIpc) is 3.93. The molecule has 3 amide bonds. The normalized spacial score (nSPS) is 15.3. The second-order valence-corrected chi connectivity index (χ2v) is 17.5. The Morgan fingerprint density at radius 3 is 1.97 bits per heavy atom. The number of aliphatic hydroxyl groups is 2. The van der Waals surface area contributed by atoms with Crippen molar-refractivity contribution >= 4 is 23.4 Å². The number of aliphatic hydroxyl groups excluding tert-OH is 2. The maximum Gasteiger partial charge on any atom is 0.258 e. The molecule has 2 heterocycles. The van der Waals surface area contributed by atoms with Crippen LogP contribution in [0.25, 0.3) is 22.4 Å². The van der Waals surface area contributed by atoms with Crippen molar-refractivity contribution in [1.29, 1.82) is 0 Å². The van der Waals surface area contributed by atoms with Crippen LogP contribution >= 0.6 is 0 Å². The molecule has 4 aromatic rings. The first-order valence-electron chi connectivity index (χ1n) is 24.2. The summed E-state index contributed by atoms with van der Waals surface area (Å²) in [6.07, 6.45) is 27.2. The summed E-state index contributed by atoms with van der Waals surface area (Å²) in [7, 11) is 0. The molecule has 9 nitrogen and oxygen atoms in total. The predicted molar refractivity (Wildman–Crippen MR) is 271 cm³/mol. The van der Waals surface area contributed by atoms with E-state index in [0.717, 1.165) is 61.9 Å². The first-order valence-corrected chi connectivity index (χ1v) is 24.2. The van der Waals surface area contributed by atoms with Gasteiger partial charge in [-0.05, 0) is 118 Å². The third-order valence-electron chi connectivity index (χ3n) is 11.8. The van der Waals surface area contributed by atoms with Gasteiger partial charge in [0.2, 0.25) is 11.8 Å². The van der Waals surface area contributed by atoms with Crippen LogP contribution in [-0.2, 0) is 16.1 Å². The Bertz CT molecular complexity index is 2300. The number of aromatic nitrogens is 1. The highest BCUT2D eigenvalue weighted by Gasteiger charge is 2.32. The Morgan fingerprint density at radius 1 is 0.761 bits per heavy atom. The molecule has 356 valence electrons. The third-order valence-corrected chi connectivity index (χ3v) is 11.8. The monoisotopic (exact) mass is 911 g/mol. The number of unbranched alkanes of at least 4 members (excludes halogenated alkanes) is 1. The maximum atomic E-state index is 14.4. The van der Waals surface area contributed by atoms with Gasteiger partial charge in [0, 0.05) is 49.0 Å². The minimum atomic E-state index is -1.09. The summed E-state index contributed by atoms with van der Waals surface area (Å²) in [6, 6.07) is 24.9. The standard InChI is InChI=1S/C57H71FN4O5/c1-4-5-6-7-8-9-10-11-12-13-14-15-16-17-18-19-26-31-52(66)61-38-36-48(42-61)59-51(65)41-50(64)40-49(63)37-39-62-55(43(2)3)54(57(67)60-47-29-24-21-25-30-47)53(44-27-22-20-23-28-44)56(62)45-32-34-46(58)35-33-45/h5-6,8-9,11-12,14-15,17-18,20-25,27-30,32-35,43,48-50,63-64H,4,7,10,13,16,19,26,31,36-42H2,1-3H3,(H,59,65)(H,60,67)/b6-5-,9-8-,12-11-,15-14-,18-17-/t48-,49-,50-/m1/s1. The Hall–Kier alpha value is -6.10.